The van der Waals surface area contributed by atoms with Crippen molar-refractivity contribution in [2.24, 2.45) is 17.6 Å². The first-order valence-electron chi connectivity index (χ1n) is 5.79. The Bertz CT molecular complexity index is 211. The van der Waals surface area contributed by atoms with Crippen molar-refractivity contribution < 1.29 is 4.79 Å². The molecule has 3 N–H and O–H groups in total. The fraction of sp³-hybridized carbons (Fsp3) is 0.909. The van der Waals surface area contributed by atoms with E-state index in [1.807, 2.05) is 0 Å². The number of amides is 1. The number of primary amides is 1. The minimum absolute atomic E-state index is 0.137. The molecule has 1 aliphatic carbocycles. The SMILES string of the molecule is NC(=O)CC1CCNC1C1CCCC1. The van der Waals surface area contributed by atoms with Gasteiger partial charge in [0.2, 0.25) is 5.91 Å². The minimum atomic E-state index is -0.137. The monoisotopic (exact) mass is 196 g/mol. The summed E-state index contributed by atoms with van der Waals surface area (Å²) in [6.07, 6.45) is 7.12. The highest BCUT2D eigenvalue weighted by molar-refractivity contribution is 5.74. The van der Waals surface area contributed by atoms with Gasteiger partial charge in [0.15, 0.2) is 0 Å². The maximum Gasteiger partial charge on any atom is 0.217 e. The third-order valence-electron chi connectivity index (χ3n) is 3.77. The molecule has 0 spiro atoms. The molecule has 2 atom stereocenters. The molecule has 0 aromatic heterocycles. The van der Waals surface area contributed by atoms with E-state index in [1.54, 1.807) is 0 Å². The molecular formula is C11H20N2O. The van der Waals surface area contributed by atoms with Gasteiger partial charge in [0, 0.05) is 12.5 Å². The van der Waals surface area contributed by atoms with E-state index in [0.717, 1.165) is 18.9 Å². The van der Waals surface area contributed by atoms with Crippen molar-refractivity contribution in [3.63, 3.8) is 0 Å². The van der Waals surface area contributed by atoms with E-state index < -0.39 is 0 Å². The lowest BCUT2D eigenvalue weighted by molar-refractivity contribution is -0.119. The van der Waals surface area contributed by atoms with Gasteiger partial charge in [0.1, 0.15) is 0 Å². The van der Waals surface area contributed by atoms with Crippen molar-refractivity contribution in [3.05, 3.63) is 0 Å². The molecule has 2 fully saturated rings. The summed E-state index contributed by atoms with van der Waals surface area (Å²) in [6, 6.07) is 0.574. The molecular weight excluding hydrogens is 176 g/mol. The molecule has 0 bridgehead atoms. The van der Waals surface area contributed by atoms with Gasteiger partial charge in [-0.25, -0.2) is 0 Å². The first kappa shape index (κ1) is 9.97. The zero-order valence-corrected chi connectivity index (χ0v) is 8.67. The van der Waals surface area contributed by atoms with Gasteiger partial charge in [-0.05, 0) is 37.6 Å². The number of carbonyl (C=O) groups excluding carboxylic acids is 1. The van der Waals surface area contributed by atoms with Crippen LogP contribution in [0.15, 0.2) is 0 Å². The van der Waals surface area contributed by atoms with E-state index in [2.05, 4.69) is 5.32 Å². The van der Waals surface area contributed by atoms with Crippen molar-refractivity contribution in [1.29, 1.82) is 0 Å². The summed E-state index contributed by atoms with van der Waals surface area (Å²) < 4.78 is 0. The van der Waals surface area contributed by atoms with Crippen LogP contribution in [0.2, 0.25) is 0 Å². The molecule has 14 heavy (non-hydrogen) atoms. The van der Waals surface area contributed by atoms with E-state index in [-0.39, 0.29) is 5.91 Å². The summed E-state index contributed by atoms with van der Waals surface area (Å²) in [4.78, 5) is 10.9. The van der Waals surface area contributed by atoms with Crippen molar-refractivity contribution in [3.8, 4) is 0 Å². The average molecular weight is 196 g/mol. The number of nitrogens with one attached hydrogen (secondary N) is 1. The molecule has 3 nitrogen and oxygen atoms in total. The first-order chi connectivity index (χ1) is 6.77. The van der Waals surface area contributed by atoms with Gasteiger partial charge in [-0.15, -0.1) is 0 Å². The van der Waals surface area contributed by atoms with E-state index in [9.17, 15) is 4.79 Å². The second-order valence-corrected chi connectivity index (χ2v) is 4.74. The zero-order valence-electron chi connectivity index (χ0n) is 8.67. The summed E-state index contributed by atoms with van der Waals surface area (Å²) in [5.74, 6) is 1.18. The Labute approximate surface area is 85.4 Å². The molecule has 2 rings (SSSR count). The summed E-state index contributed by atoms with van der Waals surface area (Å²) in [7, 11) is 0. The van der Waals surface area contributed by atoms with Crippen molar-refractivity contribution in [1.82, 2.24) is 5.32 Å². The fourth-order valence-electron chi connectivity index (χ4n) is 3.14. The normalized spacial score (nSPS) is 33.7. The largest absolute Gasteiger partial charge is 0.370 e. The minimum Gasteiger partial charge on any atom is -0.370 e. The third kappa shape index (κ3) is 2.08. The maximum absolute atomic E-state index is 10.9. The second-order valence-electron chi connectivity index (χ2n) is 4.74. The van der Waals surface area contributed by atoms with Gasteiger partial charge in [-0.3, -0.25) is 4.79 Å². The van der Waals surface area contributed by atoms with Crippen LogP contribution in [0, 0.1) is 11.8 Å². The Kier molecular flexibility index (Phi) is 3.06. The van der Waals surface area contributed by atoms with Gasteiger partial charge < -0.3 is 11.1 Å². The quantitative estimate of drug-likeness (QED) is 0.708. The van der Waals surface area contributed by atoms with Gasteiger partial charge in [0.25, 0.3) is 0 Å². The van der Waals surface area contributed by atoms with Gasteiger partial charge in [-0.2, -0.15) is 0 Å². The molecule has 1 saturated carbocycles. The van der Waals surface area contributed by atoms with Crippen molar-refractivity contribution >= 4 is 5.91 Å². The lowest BCUT2D eigenvalue weighted by Gasteiger charge is -2.24. The lowest BCUT2D eigenvalue weighted by Crippen LogP contribution is -2.35. The smallest absolute Gasteiger partial charge is 0.217 e. The molecule has 0 aromatic carbocycles. The van der Waals surface area contributed by atoms with Gasteiger partial charge in [-0.1, -0.05) is 12.8 Å². The highest BCUT2D eigenvalue weighted by Gasteiger charge is 2.35. The third-order valence-corrected chi connectivity index (χ3v) is 3.77. The zero-order chi connectivity index (χ0) is 9.97. The highest BCUT2D eigenvalue weighted by atomic mass is 16.1. The Balaban J connectivity index is 1.92. The Morgan fingerprint density at radius 3 is 2.64 bits per heavy atom. The van der Waals surface area contributed by atoms with E-state index in [4.69, 9.17) is 5.73 Å². The molecule has 3 heteroatoms. The van der Waals surface area contributed by atoms with E-state index in [1.165, 1.54) is 25.7 Å². The highest BCUT2D eigenvalue weighted by Crippen LogP contribution is 2.35. The van der Waals surface area contributed by atoms with Crippen LogP contribution < -0.4 is 11.1 Å². The first-order valence-corrected chi connectivity index (χ1v) is 5.79. The molecule has 1 aliphatic heterocycles. The van der Waals surface area contributed by atoms with Crippen LogP contribution in [0.4, 0.5) is 0 Å². The number of hydrogen-bond donors (Lipinski definition) is 2. The topological polar surface area (TPSA) is 55.1 Å². The summed E-state index contributed by atoms with van der Waals surface area (Å²) >= 11 is 0. The maximum atomic E-state index is 10.9. The number of rotatable bonds is 3. The van der Waals surface area contributed by atoms with Gasteiger partial charge in [0.05, 0.1) is 0 Å². The second kappa shape index (κ2) is 4.30. The van der Waals surface area contributed by atoms with Crippen molar-refractivity contribution in [2.75, 3.05) is 6.54 Å². The Morgan fingerprint density at radius 1 is 1.29 bits per heavy atom. The number of nitrogens with two attached hydrogens (primary N) is 1. The summed E-state index contributed by atoms with van der Waals surface area (Å²) in [5.41, 5.74) is 5.27. The van der Waals surface area contributed by atoms with E-state index >= 15 is 0 Å². The summed E-state index contributed by atoms with van der Waals surface area (Å²) in [5, 5.41) is 3.55. The van der Waals surface area contributed by atoms with Crippen LogP contribution >= 0.6 is 0 Å². The predicted octanol–water partition coefficient (Wildman–Crippen LogP) is 1.03. The van der Waals surface area contributed by atoms with Gasteiger partial charge >= 0.3 is 0 Å². The van der Waals surface area contributed by atoms with E-state index in [0.29, 0.717) is 18.4 Å². The number of hydrogen-bond acceptors (Lipinski definition) is 2. The van der Waals surface area contributed by atoms with Crippen LogP contribution in [-0.2, 0) is 4.79 Å². The fourth-order valence-corrected chi connectivity index (χ4v) is 3.14. The molecule has 2 unspecified atom stereocenters. The summed E-state index contributed by atoms with van der Waals surface area (Å²) in [6.45, 7) is 1.07. The molecule has 1 heterocycles. The number of carbonyl (C=O) groups is 1. The van der Waals surface area contributed by atoms with Crippen LogP contribution in [0.1, 0.15) is 38.5 Å². The standard InChI is InChI=1S/C11H20N2O/c12-10(14)7-9-5-6-13-11(9)8-3-1-2-4-8/h8-9,11,13H,1-7H2,(H2,12,14). The molecule has 1 amide bonds. The van der Waals surface area contributed by atoms with Crippen molar-refractivity contribution in [2.45, 2.75) is 44.6 Å². The Morgan fingerprint density at radius 2 is 2.00 bits per heavy atom. The molecule has 0 aromatic rings. The molecule has 1 saturated heterocycles. The van der Waals surface area contributed by atoms with Crippen LogP contribution in [-0.4, -0.2) is 18.5 Å². The molecule has 2 aliphatic rings. The van der Waals surface area contributed by atoms with Crippen LogP contribution in [0.3, 0.4) is 0 Å². The predicted molar refractivity (Wildman–Crippen MR) is 55.7 cm³/mol. The molecule has 0 radical (unpaired) electrons. The van der Waals surface area contributed by atoms with Crippen LogP contribution in [0.5, 0.6) is 0 Å². The average Bonchev–Trinajstić information content (AvgIpc) is 2.70. The lowest BCUT2D eigenvalue weighted by atomic mass is 9.86. The molecule has 80 valence electrons. The van der Waals surface area contributed by atoms with Crippen LogP contribution in [0.25, 0.3) is 0 Å². The Hall–Kier alpha value is -0.570.